The lowest BCUT2D eigenvalue weighted by Crippen LogP contribution is -2.23. The van der Waals surface area contributed by atoms with Crippen molar-refractivity contribution in [1.82, 2.24) is 0 Å². The molecule has 0 bridgehead atoms. The van der Waals surface area contributed by atoms with E-state index in [2.05, 4.69) is 6.58 Å². The topological polar surface area (TPSA) is 52.6 Å². The highest BCUT2D eigenvalue weighted by Crippen LogP contribution is 2.06. The molecule has 0 saturated carbocycles. The second-order valence-corrected chi connectivity index (χ2v) is 4.39. The molecule has 4 heteroatoms. The number of carbonyl (C=O) groups excluding carboxylic acids is 2. The Labute approximate surface area is 119 Å². The summed E-state index contributed by atoms with van der Waals surface area (Å²) in [4.78, 5) is 23.5. The van der Waals surface area contributed by atoms with Crippen molar-refractivity contribution in [3.05, 3.63) is 48.6 Å². The van der Waals surface area contributed by atoms with Crippen LogP contribution in [0.4, 0.5) is 0 Å². The van der Waals surface area contributed by atoms with Crippen molar-refractivity contribution in [2.45, 2.75) is 13.3 Å². The first-order valence-corrected chi connectivity index (χ1v) is 6.64. The number of hydrogen-bond donors (Lipinski definition) is 0. The Morgan fingerprint density at radius 2 is 1.95 bits per heavy atom. The lowest BCUT2D eigenvalue weighted by molar-refractivity contribution is -0.140. The largest absolute Gasteiger partial charge is 0.459 e. The van der Waals surface area contributed by atoms with Crippen LogP contribution in [-0.4, -0.2) is 31.6 Å². The van der Waals surface area contributed by atoms with Crippen molar-refractivity contribution in [1.29, 1.82) is 0 Å². The van der Waals surface area contributed by atoms with E-state index < -0.39 is 11.8 Å². The molecule has 0 fully saturated rings. The number of benzene rings is 1. The number of esters is 1. The van der Waals surface area contributed by atoms with Crippen molar-refractivity contribution in [3.63, 3.8) is 0 Å². The van der Waals surface area contributed by atoms with Gasteiger partial charge >= 0.3 is 5.97 Å². The van der Waals surface area contributed by atoms with Crippen molar-refractivity contribution in [2.75, 3.05) is 19.8 Å². The standard InChI is InChI=1S/C16H20O4/c1-3-10-19-11-13(4-2)12-20-16(18)15(17)14-8-6-5-7-9-14/h3,5-9,13H,1,4,10-12H2,2H3. The molecule has 0 amide bonds. The molecule has 4 nitrogen and oxygen atoms in total. The zero-order valence-electron chi connectivity index (χ0n) is 11.7. The second kappa shape index (κ2) is 9.04. The zero-order chi connectivity index (χ0) is 14.8. The van der Waals surface area contributed by atoms with E-state index in [1.165, 1.54) is 0 Å². The van der Waals surface area contributed by atoms with E-state index >= 15 is 0 Å². The van der Waals surface area contributed by atoms with Gasteiger partial charge in [-0.25, -0.2) is 4.79 Å². The van der Waals surface area contributed by atoms with Gasteiger partial charge in [0.2, 0.25) is 0 Å². The second-order valence-electron chi connectivity index (χ2n) is 4.39. The van der Waals surface area contributed by atoms with E-state index in [4.69, 9.17) is 9.47 Å². The number of carbonyl (C=O) groups is 2. The third kappa shape index (κ3) is 5.36. The Hall–Kier alpha value is -1.94. The predicted octanol–water partition coefficient (Wildman–Crippen LogP) is 2.64. The van der Waals surface area contributed by atoms with Crippen LogP contribution in [0.25, 0.3) is 0 Å². The molecule has 0 aliphatic heterocycles. The van der Waals surface area contributed by atoms with Crippen LogP contribution >= 0.6 is 0 Å². The van der Waals surface area contributed by atoms with E-state index in [0.717, 1.165) is 6.42 Å². The molecule has 0 N–H and O–H groups in total. The third-order valence-electron chi connectivity index (χ3n) is 2.84. The zero-order valence-corrected chi connectivity index (χ0v) is 11.7. The lowest BCUT2D eigenvalue weighted by Gasteiger charge is -2.14. The van der Waals surface area contributed by atoms with Crippen LogP contribution < -0.4 is 0 Å². The molecule has 20 heavy (non-hydrogen) atoms. The Morgan fingerprint density at radius 3 is 2.55 bits per heavy atom. The van der Waals surface area contributed by atoms with E-state index in [1.807, 2.05) is 6.92 Å². The number of ether oxygens (including phenoxy) is 2. The molecule has 0 heterocycles. The molecule has 1 aromatic rings. The molecule has 0 aromatic heterocycles. The van der Waals surface area contributed by atoms with Crippen LogP contribution in [0.1, 0.15) is 23.7 Å². The van der Waals surface area contributed by atoms with Crippen LogP contribution in [0.5, 0.6) is 0 Å². The summed E-state index contributed by atoms with van der Waals surface area (Å²) in [6, 6.07) is 8.38. The quantitative estimate of drug-likeness (QED) is 0.229. The Balaban J connectivity index is 2.41. The van der Waals surface area contributed by atoms with Gasteiger partial charge in [0.1, 0.15) is 0 Å². The molecular weight excluding hydrogens is 256 g/mol. The number of rotatable bonds is 9. The first kappa shape index (κ1) is 16.1. The van der Waals surface area contributed by atoms with Gasteiger partial charge in [-0.3, -0.25) is 4.79 Å². The fraction of sp³-hybridized carbons (Fsp3) is 0.375. The highest BCUT2D eigenvalue weighted by molar-refractivity contribution is 6.40. The van der Waals surface area contributed by atoms with E-state index in [9.17, 15) is 9.59 Å². The molecule has 0 saturated heterocycles. The van der Waals surface area contributed by atoms with Crippen molar-refractivity contribution >= 4 is 11.8 Å². The minimum atomic E-state index is -0.821. The van der Waals surface area contributed by atoms with Crippen molar-refractivity contribution < 1.29 is 19.1 Å². The smallest absolute Gasteiger partial charge is 0.379 e. The van der Waals surface area contributed by atoms with Crippen LogP contribution in [0.2, 0.25) is 0 Å². The van der Waals surface area contributed by atoms with Crippen LogP contribution in [0.15, 0.2) is 43.0 Å². The molecule has 0 aliphatic carbocycles. The summed E-state index contributed by atoms with van der Waals surface area (Å²) in [5, 5.41) is 0. The minimum absolute atomic E-state index is 0.0856. The van der Waals surface area contributed by atoms with E-state index in [1.54, 1.807) is 36.4 Å². The Morgan fingerprint density at radius 1 is 1.25 bits per heavy atom. The SMILES string of the molecule is C=CCOCC(CC)COC(=O)C(=O)c1ccccc1. The highest BCUT2D eigenvalue weighted by atomic mass is 16.5. The Bertz CT molecular complexity index is 439. The molecule has 1 atom stereocenters. The molecule has 0 aliphatic rings. The number of ketones is 1. The molecule has 0 spiro atoms. The van der Waals surface area contributed by atoms with Gasteiger partial charge in [-0.15, -0.1) is 6.58 Å². The minimum Gasteiger partial charge on any atom is -0.459 e. The van der Waals surface area contributed by atoms with E-state index in [-0.39, 0.29) is 12.5 Å². The number of hydrogen-bond acceptors (Lipinski definition) is 4. The summed E-state index contributed by atoms with van der Waals surface area (Å²) >= 11 is 0. The summed E-state index contributed by atoms with van der Waals surface area (Å²) in [7, 11) is 0. The third-order valence-corrected chi connectivity index (χ3v) is 2.84. The fourth-order valence-electron chi connectivity index (χ4n) is 1.57. The molecular formula is C16H20O4. The van der Waals surface area contributed by atoms with Crippen molar-refractivity contribution in [2.24, 2.45) is 5.92 Å². The maximum atomic E-state index is 11.8. The first-order valence-electron chi connectivity index (χ1n) is 6.64. The summed E-state index contributed by atoms with van der Waals surface area (Å²) in [6.45, 7) is 6.67. The Kier molecular flexibility index (Phi) is 7.29. The highest BCUT2D eigenvalue weighted by Gasteiger charge is 2.19. The van der Waals surface area contributed by atoms with Gasteiger partial charge in [-0.05, 0) is 6.42 Å². The molecule has 1 rings (SSSR count). The molecule has 108 valence electrons. The van der Waals surface area contributed by atoms with Crippen LogP contribution in [0, 0.1) is 5.92 Å². The summed E-state index contributed by atoms with van der Waals surface area (Å²) in [5.41, 5.74) is 0.341. The molecule has 1 unspecified atom stereocenters. The van der Waals surface area contributed by atoms with Crippen LogP contribution in [-0.2, 0) is 14.3 Å². The average molecular weight is 276 g/mol. The fourth-order valence-corrected chi connectivity index (χ4v) is 1.57. The van der Waals surface area contributed by atoms with Gasteiger partial charge in [-0.1, -0.05) is 43.3 Å². The van der Waals surface area contributed by atoms with Crippen molar-refractivity contribution in [3.8, 4) is 0 Å². The predicted molar refractivity (Wildman–Crippen MR) is 76.5 cm³/mol. The normalized spacial score (nSPS) is 11.7. The van der Waals surface area contributed by atoms with Gasteiger partial charge in [0, 0.05) is 11.5 Å². The first-order chi connectivity index (χ1) is 9.69. The average Bonchev–Trinajstić information content (AvgIpc) is 2.50. The summed E-state index contributed by atoms with van der Waals surface area (Å²) < 4.78 is 10.4. The van der Waals surface area contributed by atoms with Gasteiger partial charge in [0.15, 0.2) is 0 Å². The van der Waals surface area contributed by atoms with Crippen LogP contribution in [0.3, 0.4) is 0 Å². The number of Topliss-reactive ketones (excluding diaryl/α,β-unsaturated/α-hetero) is 1. The summed E-state index contributed by atoms with van der Waals surface area (Å²) in [5.74, 6) is -1.35. The van der Waals surface area contributed by atoms with E-state index in [0.29, 0.717) is 18.8 Å². The maximum Gasteiger partial charge on any atom is 0.379 e. The molecule has 1 aromatic carbocycles. The van der Waals surface area contributed by atoms with Gasteiger partial charge in [0.05, 0.1) is 19.8 Å². The summed E-state index contributed by atoms with van der Waals surface area (Å²) in [6.07, 6.45) is 2.47. The van der Waals surface area contributed by atoms with Gasteiger partial charge in [0.25, 0.3) is 5.78 Å². The maximum absolute atomic E-state index is 11.8. The van der Waals surface area contributed by atoms with Gasteiger partial charge in [-0.2, -0.15) is 0 Å². The van der Waals surface area contributed by atoms with Gasteiger partial charge < -0.3 is 9.47 Å². The molecule has 0 radical (unpaired) electrons. The lowest BCUT2D eigenvalue weighted by atomic mass is 10.1. The monoisotopic (exact) mass is 276 g/mol.